The lowest BCUT2D eigenvalue weighted by Gasteiger charge is -2.25. The second-order valence-electron chi connectivity index (χ2n) is 5.11. The summed E-state index contributed by atoms with van der Waals surface area (Å²) < 4.78 is 1.08. The fourth-order valence-electron chi connectivity index (χ4n) is 1.62. The van der Waals surface area contributed by atoms with Gasteiger partial charge in [0.25, 0.3) is 0 Å². The number of aliphatic carboxylic acids is 1. The van der Waals surface area contributed by atoms with Crippen molar-refractivity contribution in [3.8, 4) is 0 Å². The van der Waals surface area contributed by atoms with Gasteiger partial charge in [-0.05, 0) is 54.8 Å². The SMILES string of the molecule is CC(C)(CCC(=O)O)NC(=O)NCCc1ccc(Br)s1. The van der Waals surface area contributed by atoms with Gasteiger partial charge in [0.05, 0.1) is 3.79 Å². The van der Waals surface area contributed by atoms with Gasteiger partial charge in [-0.1, -0.05) is 0 Å². The molecule has 0 saturated carbocycles. The fourth-order valence-corrected chi connectivity index (χ4v) is 3.10. The molecule has 20 heavy (non-hydrogen) atoms. The molecule has 0 radical (unpaired) electrons. The van der Waals surface area contributed by atoms with Gasteiger partial charge in [-0.25, -0.2) is 4.79 Å². The number of hydrogen-bond donors (Lipinski definition) is 3. The number of halogens is 1. The number of carbonyl (C=O) groups excluding carboxylic acids is 1. The summed E-state index contributed by atoms with van der Waals surface area (Å²) in [7, 11) is 0. The molecule has 1 heterocycles. The Labute approximate surface area is 130 Å². The molecule has 0 aliphatic rings. The van der Waals surface area contributed by atoms with E-state index in [1.54, 1.807) is 11.3 Å². The lowest BCUT2D eigenvalue weighted by Crippen LogP contribution is -2.48. The first-order valence-corrected chi connectivity index (χ1v) is 7.91. The highest BCUT2D eigenvalue weighted by molar-refractivity contribution is 9.11. The van der Waals surface area contributed by atoms with Crippen LogP contribution in [0.1, 0.15) is 31.6 Å². The van der Waals surface area contributed by atoms with E-state index in [2.05, 4.69) is 26.6 Å². The van der Waals surface area contributed by atoms with Crippen LogP contribution >= 0.6 is 27.3 Å². The fraction of sp³-hybridized carbons (Fsp3) is 0.538. The topological polar surface area (TPSA) is 78.4 Å². The van der Waals surface area contributed by atoms with Crippen molar-refractivity contribution in [2.75, 3.05) is 6.54 Å². The number of carbonyl (C=O) groups is 2. The van der Waals surface area contributed by atoms with Gasteiger partial charge in [0.15, 0.2) is 0 Å². The van der Waals surface area contributed by atoms with E-state index in [1.165, 1.54) is 4.88 Å². The molecule has 0 spiro atoms. The standard InChI is InChI=1S/C13H19BrN2O3S/c1-13(2,7-5-11(17)18)16-12(19)15-8-6-9-3-4-10(14)20-9/h3-4H,5-8H2,1-2H3,(H,17,18)(H2,15,16,19). The molecule has 0 atom stereocenters. The molecule has 5 nitrogen and oxygen atoms in total. The van der Waals surface area contributed by atoms with Gasteiger partial charge >= 0.3 is 12.0 Å². The number of carboxylic acids is 1. The average Bonchev–Trinajstić information content (AvgIpc) is 2.72. The number of nitrogens with one attached hydrogen (secondary N) is 2. The van der Waals surface area contributed by atoms with Gasteiger partial charge in [-0.3, -0.25) is 4.79 Å². The van der Waals surface area contributed by atoms with Crippen molar-refractivity contribution in [3.05, 3.63) is 20.8 Å². The van der Waals surface area contributed by atoms with E-state index in [0.717, 1.165) is 10.2 Å². The quantitative estimate of drug-likeness (QED) is 0.697. The third kappa shape index (κ3) is 6.91. The highest BCUT2D eigenvalue weighted by Crippen LogP contribution is 2.22. The molecule has 0 aliphatic heterocycles. The number of hydrogen-bond acceptors (Lipinski definition) is 3. The van der Waals surface area contributed by atoms with Crippen LogP contribution in [0.3, 0.4) is 0 Å². The molecule has 0 fully saturated rings. The molecule has 0 bridgehead atoms. The van der Waals surface area contributed by atoms with Gasteiger partial charge in [-0.15, -0.1) is 11.3 Å². The van der Waals surface area contributed by atoms with Crippen molar-refractivity contribution < 1.29 is 14.7 Å². The van der Waals surface area contributed by atoms with Crippen molar-refractivity contribution in [3.63, 3.8) is 0 Å². The van der Waals surface area contributed by atoms with Gasteiger partial charge in [0, 0.05) is 23.4 Å². The third-order valence-corrected chi connectivity index (χ3v) is 4.39. The van der Waals surface area contributed by atoms with E-state index in [-0.39, 0.29) is 12.5 Å². The van der Waals surface area contributed by atoms with Crippen LogP contribution in [0.15, 0.2) is 15.9 Å². The number of urea groups is 1. The first kappa shape index (κ1) is 17.0. The van der Waals surface area contributed by atoms with Crippen LogP contribution in [-0.2, 0) is 11.2 Å². The maximum Gasteiger partial charge on any atom is 0.315 e. The Balaban J connectivity index is 2.27. The summed E-state index contributed by atoms with van der Waals surface area (Å²) >= 11 is 5.04. The number of rotatable bonds is 7. The van der Waals surface area contributed by atoms with Gasteiger partial charge < -0.3 is 15.7 Å². The lowest BCUT2D eigenvalue weighted by atomic mass is 9.99. The van der Waals surface area contributed by atoms with E-state index in [0.29, 0.717) is 13.0 Å². The molecule has 7 heteroatoms. The molecule has 0 unspecified atom stereocenters. The molecule has 1 aromatic heterocycles. The van der Waals surface area contributed by atoms with Crippen LogP contribution in [0.5, 0.6) is 0 Å². The summed E-state index contributed by atoms with van der Waals surface area (Å²) in [5.41, 5.74) is -0.533. The molecular formula is C13H19BrN2O3S. The van der Waals surface area contributed by atoms with Crippen LogP contribution in [0, 0.1) is 0 Å². The zero-order chi connectivity index (χ0) is 15.2. The molecule has 0 aliphatic carbocycles. The van der Waals surface area contributed by atoms with Gasteiger partial charge in [0.2, 0.25) is 0 Å². The van der Waals surface area contributed by atoms with E-state index in [9.17, 15) is 9.59 Å². The van der Waals surface area contributed by atoms with Crippen LogP contribution in [-0.4, -0.2) is 29.2 Å². The number of thiophene rings is 1. The predicted octanol–water partition coefficient (Wildman–Crippen LogP) is 3.00. The monoisotopic (exact) mass is 362 g/mol. The Morgan fingerprint density at radius 2 is 2.10 bits per heavy atom. The average molecular weight is 363 g/mol. The second kappa shape index (κ2) is 7.64. The molecule has 0 aromatic carbocycles. The van der Waals surface area contributed by atoms with Crippen LogP contribution < -0.4 is 10.6 Å². The molecule has 2 amide bonds. The highest BCUT2D eigenvalue weighted by atomic mass is 79.9. The van der Waals surface area contributed by atoms with E-state index in [4.69, 9.17) is 5.11 Å². The zero-order valence-corrected chi connectivity index (χ0v) is 13.9. The molecule has 112 valence electrons. The van der Waals surface area contributed by atoms with Crippen molar-refractivity contribution in [1.82, 2.24) is 10.6 Å². The summed E-state index contributed by atoms with van der Waals surface area (Å²) in [6, 6.07) is 3.73. The minimum absolute atomic E-state index is 0.0382. The Kier molecular flexibility index (Phi) is 6.48. The first-order valence-electron chi connectivity index (χ1n) is 6.30. The third-order valence-electron chi connectivity index (χ3n) is 2.70. The zero-order valence-electron chi connectivity index (χ0n) is 11.5. The largest absolute Gasteiger partial charge is 0.481 e. The summed E-state index contributed by atoms with van der Waals surface area (Å²) in [6.07, 6.45) is 1.21. The smallest absolute Gasteiger partial charge is 0.315 e. The Bertz CT molecular complexity index is 474. The maximum atomic E-state index is 11.7. The van der Waals surface area contributed by atoms with Crippen molar-refractivity contribution in [1.29, 1.82) is 0 Å². The minimum Gasteiger partial charge on any atom is -0.481 e. The van der Waals surface area contributed by atoms with E-state index in [1.807, 2.05) is 26.0 Å². The maximum absolute atomic E-state index is 11.7. The van der Waals surface area contributed by atoms with Crippen molar-refractivity contribution >= 4 is 39.3 Å². The lowest BCUT2D eigenvalue weighted by molar-refractivity contribution is -0.137. The van der Waals surface area contributed by atoms with E-state index < -0.39 is 11.5 Å². The molecular weight excluding hydrogens is 344 g/mol. The van der Waals surface area contributed by atoms with E-state index >= 15 is 0 Å². The second-order valence-corrected chi connectivity index (χ2v) is 7.66. The highest BCUT2D eigenvalue weighted by Gasteiger charge is 2.21. The Morgan fingerprint density at radius 1 is 1.40 bits per heavy atom. The van der Waals surface area contributed by atoms with Crippen molar-refractivity contribution in [2.24, 2.45) is 0 Å². The molecule has 1 rings (SSSR count). The molecule has 3 N–H and O–H groups in total. The number of amides is 2. The number of carboxylic acid groups (broad SMARTS) is 1. The van der Waals surface area contributed by atoms with Gasteiger partial charge in [-0.2, -0.15) is 0 Å². The minimum atomic E-state index is -0.858. The summed E-state index contributed by atoms with van der Waals surface area (Å²) in [6.45, 7) is 4.17. The summed E-state index contributed by atoms with van der Waals surface area (Å²) in [4.78, 5) is 23.5. The normalized spacial score (nSPS) is 11.2. The Morgan fingerprint density at radius 3 is 2.65 bits per heavy atom. The molecule has 1 aromatic rings. The predicted molar refractivity (Wildman–Crippen MR) is 83.2 cm³/mol. The first-order chi connectivity index (χ1) is 9.28. The van der Waals surface area contributed by atoms with Crippen LogP contribution in [0.25, 0.3) is 0 Å². The van der Waals surface area contributed by atoms with Gasteiger partial charge in [0.1, 0.15) is 0 Å². The van der Waals surface area contributed by atoms with Crippen LogP contribution in [0.4, 0.5) is 4.79 Å². The molecule has 0 saturated heterocycles. The van der Waals surface area contributed by atoms with Crippen LogP contribution in [0.2, 0.25) is 0 Å². The van der Waals surface area contributed by atoms with Crippen molar-refractivity contribution in [2.45, 2.75) is 38.6 Å². The summed E-state index contributed by atoms with van der Waals surface area (Å²) in [5.74, 6) is -0.858. The summed E-state index contributed by atoms with van der Waals surface area (Å²) in [5, 5.41) is 14.2. The Hall–Kier alpha value is -1.08.